The van der Waals surface area contributed by atoms with Crippen LogP contribution >= 0.6 is 0 Å². The molecule has 2 fully saturated rings. The lowest BCUT2D eigenvalue weighted by Crippen LogP contribution is -2.44. The smallest absolute Gasteiger partial charge is 0.250 e. The molecule has 3 heteroatoms. The molecule has 0 aliphatic heterocycles. The Bertz CT molecular complexity index is 214. The van der Waals surface area contributed by atoms with Crippen molar-refractivity contribution in [1.29, 1.82) is 0 Å². The van der Waals surface area contributed by atoms with Crippen LogP contribution in [-0.4, -0.2) is 19.0 Å². The summed E-state index contributed by atoms with van der Waals surface area (Å²) in [6, 6.07) is 0.362. The van der Waals surface area contributed by atoms with Crippen LogP contribution in [0.2, 0.25) is 0 Å². The summed E-state index contributed by atoms with van der Waals surface area (Å²) in [7, 11) is 0. The largest absolute Gasteiger partial charge is 0.308 e. The molecule has 17 heavy (non-hydrogen) atoms. The van der Waals surface area contributed by atoms with Crippen molar-refractivity contribution in [1.82, 2.24) is 5.32 Å². The van der Waals surface area contributed by atoms with Crippen molar-refractivity contribution in [2.75, 3.05) is 6.54 Å². The normalized spacial score (nSPS) is 31.9. The third kappa shape index (κ3) is 3.90. The molecule has 100 valence electrons. The van der Waals surface area contributed by atoms with E-state index in [1.807, 2.05) is 0 Å². The highest BCUT2D eigenvalue weighted by atomic mass is 19.3. The van der Waals surface area contributed by atoms with Crippen LogP contribution in [0, 0.1) is 11.8 Å². The van der Waals surface area contributed by atoms with Gasteiger partial charge < -0.3 is 5.32 Å². The summed E-state index contributed by atoms with van der Waals surface area (Å²) in [5, 5.41) is 3.12. The second kappa shape index (κ2) is 6.67. The number of halogens is 2. The van der Waals surface area contributed by atoms with Crippen molar-refractivity contribution < 1.29 is 8.78 Å². The summed E-state index contributed by atoms with van der Waals surface area (Å²) in [5.74, 6) is 1.47. The Morgan fingerprint density at radius 3 is 2.24 bits per heavy atom. The number of hydrogen-bond acceptors (Lipinski definition) is 1. The number of nitrogens with one attached hydrogen (secondary N) is 1. The quantitative estimate of drug-likeness (QED) is 0.790. The topological polar surface area (TPSA) is 12.0 Å². The van der Waals surface area contributed by atoms with E-state index in [-0.39, 0.29) is 6.54 Å². The molecule has 2 unspecified atom stereocenters. The second-order valence-electron chi connectivity index (χ2n) is 5.75. The molecule has 2 aliphatic carbocycles. The van der Waals surface area contributed by atoms with Gasteiger partial charge >= 0.3 is 0 Å². The standard InChI is InChI=1S/C14H25F2N/c15-14(16)10-17-13-9-5-4-8-12(13)11-6-2-1-3-7-11/h11-14,17H,1-10H2. The van der Waals surface area contributed by atoms with E-state index >= 15 is 0 Å². The van der Waals surface area contributed by atoms with Gasteiger partial charge in [-0.2, -0.15) is 0 Å². The molecule has 0 amide bonds. The van der Waals surface area contributed by atoms with Gasteiger partial charge in [0.1, 0.15) is 0 Å². The summed E-state index contributed by atoms with van der Waals surface area (Å²) in [5.41, 5.74) is 0. The van der Waals surface area contributed by atoms with Crippen LogP contribution in [-0.2, 0) is 0 Å². The molecule has 2 rings (SSSR count). The predicted molar refractivity (Wildman–Crippen MR) is 66.3 cm³/mol. The van der Waals surface area contributed by atoms with E-state index in [2.05, 4.69) is 5.32 Å². The van der Waals surface area contributed by atoms with Gasteiger partial charge in [0.25, 0.3) is 6.43 Å². The predicted octanol–water partition coefficient (Wildman–Crippen LogP) is 3.98. The van der Waals surface area contributed by atoms with Crippen molar-refractivity contribution in [2.45, 2.75) is 70.3 Å². The van der Waals surface area contributed by atoms with Crippen molar-refractivity contribution in [3.05, 3.63) is 0 Å². The Morgan fingerprint density at radius 2 is 1.53 bits per heavy atom. The highest BCUT2D eigenvalue weighted by Crippen LogP contribution is 2.38. The van der Waals surface area contributed by atoms with Gasteiger partial charge in [0.15, 0.2) is 0 Å². The van der Waals surface area contributed by atoms with Crippen LogP contribution in [0.3, 0.4) is 0 Å². The molecule has 2 saturated carbocycles. The van der Waals surface area contributed by atoms with E-state index in [4.69, 9.17) is 0 Å². The van der Waals surface area contributed by atoms with Gasteiger partial charge in [0, 0.05) is 6.04 Å². The van der Waals surface area contributed by atoms with Crippen LogP contribution in [0.5, 0.6) is 0 Å². The molecular formula is C14H25F2N. The Hall–Kier alpha value is -0.180. The molecule has 1 N–H and O–H groups in total. The molecule has 0 heterocycles. The Kier molecular flexibility index (Phi) is 5.20. The first-order valence-corrected chi connectivity index (χ1v) is 7.29. The van der Waals surface area contributed by atoms with Crippen molar-refractivity contribution in [3.63, 3.8) is 0 Å². The summed E-state index contributed by atoms with van der Waals surface area (Å²) >= 11 is 0. The van der Waals surface area contributed by atoms with Crippen molar-refractivity contribution >= 4 is 0 Å². The van der Waals surface area contributed by atoms with Crippen LogP contribution < -0.4 is 5.32 Å². The van der Waals surface area contributed by atoms with Gasteiger partial charge in [-0.15, -0.1) is 0 Å². The summed E-state index contributed by atoms with van der Waals surface area (Å²) < 4.78 is 24.6. The van der Waals surface area contributed by atoms with E-state index < -0.39 is 6.43 Å². The molecule has 2 atom stereocenters. The fraction of sp³-hybridized carbons (Fsp3) is 1.00. The number of hydrogen-bond donors (Lipinski definition) is 1. The van der Waals surface area contributed by atoms with Crippen LogP contribution in [0.1, 0.15) is 57.8 Å². The first-order valence-electron chi connectivity index (χ1n) is 7.29. The summed E-state index contributed by atoms with van der Waals surface area (Å²) in [4.78, 5) is 0. The molecule has 1 nitrogen and oxygen atoms in total. The zero-order valence-corrected chi connectivity index (χ0v) is 10.6. The molecule has 0 bridgehead atoms. The molecule has 0 radical (unpaired) electrons. The van der Waals surface area contributed by atoms with E-state index in [0.29, 0.717) is 12.0 Å². The lowest BCUT2D eigenvalue weighted by molar-refractivity contribution is 0.109. The second-order valence-corrected chi connectivity index (χ2v) is 5.75. The zero-order valence-electron chi connectivity index (χ0n) is 10.6. The highest BCUT2D eigenvalue weighted by Gasteiger charge is 2.32. The minimum absolute atomic E-state index is 0.117. The van der Waals surface area contributed by atoms with Crippen LogP contribution in [0.25, 0.3) is 0 Å². The minimum Gasteiger partial charge on any atom is -0.308 e. The van der Waals surface area contributed by atoms with E-state index in [1.54, 1.807) is 0 Å². The third-order valence-corrected chi connectivity index (χ3v) is 4.61. The van der Waals surface area contributed by atoms with Crippen LogP contribution in [0.4, 0.5) is 8.78 Å². The Labute approximate surface area is 103 Å². The average molecular weight is 245 g/mol. The monoisotopic (exact) mass is 245 g/mol. The van der Waals surface area contributed by atoms with Gasteiger partial charge in [0.2, 0.25) is 0 Å². The first-order chi connectivity index (χ1) is 8.27. The summed E-state index contributed by atoms with van der Waals surface area (Å²) in [6.07, 6.45) is 9.40. The van der Waals surface area contributed by atoms with Gasteiger partial charge in [-0.1, -0.05) is 44.9 Å². The third-order valence-electron chi connectivity index (χ3n) is 4.61. The van der Waals surface area contributed by atoms with E-state index in [9.17, 15) is 8.78 Å². The maximum Gasteiger partial charge on any atom is 0.250 e. The van der Waals surface area contributed by atoms with Gasteiger partial charge in [-0.3, -0.25) is 0 Å². The minimum atomic E-state index is -2.20. The number of alkyl halides is 2. The molecule has 0 spiro atoms. The maximum atomic E-state index is 12.3. The van der Waals surface area contributed by atoms with E-state index in [0.717, 1.165) is 12.3 Å². The maximum absolute atomic E-state index is 12.3. The zero-order chi connectivity index (χ0) is 12.1. The molecule has 0 aromatic rings. The molecule has 0 saturated heterocycles. The van der Waals surface area contributed by atoms with Crippen molar-refractivity contribution in [3.8, 4) is 0 Å². The molecule has 0 aromatic carbocycles. The summed E-state index contributed by atoms with van der Waals surface area (Å²) in [6.45, 7) is -0.117. The van der Waals surface area contributed by atoms with Gasteiger partial charge in [-0.05, 0) is 24.7 Å². The SMILES string of the molecule is FC(F)CNC1CCCCC1C1CCCCC1. The molecule has 0 aromatic heterocycles. The Morgan fingerprint density at radius 1 is 0.882 bits per heavy atom. The highest BCUT2D eigenvalue weighted by molar-refractivity contribution is 4.87. The fourth-order valence-electron chi connectivity index (χ4n) is 3.78. The van der Waals surface area contributed by atoms with E-state index in [1.165, 1.54) is 51.4 Å². The lowest BCUT2D eigenvalue weighted by Gasteiger charge is -2.39. The number of rotatable bonds is 4. The molecule has 2 aliphatic rings. The van der Waals surface area contributed by atoms with Gasteiger partial charge in [-0.25, -0.2) is 8.78 Å². The average Bonchev–Trinajstić information content (AvgIpc) is 2.38. The van der Waals surface area contributed by atoms with Crippen LogP contribution in [0.15, 0.2) is 0 Å². The molecular weight excluding hydrogens is 220 g/mol. The fourth-order valence-corrected chi connectivity index (χ4v) is 3.78. The first kappa shape index (κ1) is 13.3. The van der Waals surface area contributed by atoms with Gasteiger partial charge in [0.05, 0.1) is 6.54 Å². The lowest BCUT2D eigenvalue weighted by atomic mass is 9.71. The van der Waals surface area contributed by atoms with Crippen molar-refractivity contribution in [2.24, 2.45) is 11.8 Å². The Balaban J connectivity index is 1.86.